The molecule has 2 atom stereocenters. The van der Waals surface area contributed by atoms with Crippen molar-refractivity contribution in [2.24, 2.45) is 5.92 Å². The minimum absolute atomic E-state index is 0.261. The van der Waals surface area contributed by atoms with Gasteiger partial charge in [0, 0.05) is 6.54 Å². The Balaban J connectivity index is 2.04. The first-order chi connectivity index (χ1) is 13.0. The van der Waals surface area contributed by atoms with Gasteiger partial charge in [-0.1, -0.05) is 18.2 Å². The van der Waals surface area contributed by atoms with E-state index in [9.17, 15) is 14.3 Å². The summed E-state index contributed by atoms with van der Waals surface area (Å²) in [4.78, 5) is 13.6. The van der Waals surface area contributed by atoms with E-state index >= 15 is 0 Å². The number of halogens is 1. The third-order valence-corrected chi connectivity index (χ3v) is 5.05. The first-order valence-electron chi connectivity index (χ1n) is 8.97. The van der Waals surface area contributed by atoms with Gasteiger partial charge in [-0.3, -0.25) is 9.69 Å². The first-order valence-corrected chi connectivity index (χ1v) is 8.97. The monoisotopic (exact) mass is 373 g/mol. The summed E-state index contributed by atoms with van der Waals surface area (Å²) >= 11 is 0. The van der Waals surface area contributed by atoms with E-state index in [0.717, 1.165) is 24.1 Å². The van der Waals surface area contributed by atoms with Crippen LogP contribution in [0.4, 0.5) is 4.39 Å². The van der Waals surface area contributed by atoms with Crippen LogP contribution in [0, 0.1) is 11.7 Å². The highest BCUT2D eigenvalue weighted by atomic mass is 19.1. The molecule has 2 aromatic rings. The van der Waals surface area contributed by atoms with Gasteiger partial charge in [-0.05, 0) is 54.8 Å². The van der Waals surface area contributed by atoms with Crippen LogP contribution in [0.2, 0.25) is 0 Å². The van der Waals surface area contributed by atoms with Crippen molar-refractivity contribution < 1.29 is 23.8 Å². The van der Waals surface area contributed by atoms with Crippen LogP contribution in [0.1, 0.15) is 30.0 Å². The second kappa shape index (κ2) is 8.39. The summed E-state index contributed by atoms with van der Waals surface area (Å²) in [5, 5.41) is 9.45. The average Bonchev–Trinajstić information content (AvgIpc) is 2.68. The normalized spacial score (nSPS) is 18.7. The Bertz CT molecular complexity index is 811. The highest BCUT2D eigenvalue weighted by molar-refractivity contribution is 5.70. The lowest BCUT2D eigenvalue weighted by atomic mass is 9.91. The predicted molar refractivity (Wildman–Crippen MR) is 99.7 cm³/mol. The molecule has 0 spiro atoms. The summed E-state index contributed by atoms with van der Waals surface area (Å²) in [5.41, 5.74) is 1.69. The maximum atomic E-state index is 13.9. The van der Waals surface area contributed by atoms with Crippen LogP contribution in [-0.4, -0.2) is 43.3 Å². The van der Waals surface area contributed by atoms with Gasteiger partial charge in [0.05, 0.1) is 26.2 Å². The molecule has 27 heavy (non-hydrogen) atoms. The fourth-order valence-corrected chi connectivity index (χ4v) is 3.76. The second-order valence-electron chi connectivity index (χ2n) is 6.74. The Kier molecular flexibility index (Phi) is 5.96. The van der Waals surface area contributed by atoms with Crippen molar-refractivity contribution >= 4 is 5.97 Å². The van der Waals surface area contributed by atoms with Crippen molar-refractivity contribution in [1.29, 1.82) is 0 Å². The van der Waals surface area contributed by atoms with Crippen molar-refractivity contribution in [2.45, 2.75) is 18.9 Å². The molecule has 0 aliphatic carbocycles. The zero-order chi connectivity index (χ0) is 19.4. The van der Waals surface area contributed by atoms with Gasteiger partial charge >= 0.3 is 5.97 Å². The number of carboxylic acid groups (broad SMARTS) is 1. The maximum absolute atomic E-state index is 13.9. The molecule has 2 unspecified atom stereocenters. The lowest BCUT2D eigenvalue weighted by Gasteiger charge is -2.37. The Morgan fingerprint density at radius 2 is 1.89 bits per heavy atom. The van der Waals surface area contributed by atoms with Crippen molar-refractivity contribution in [3.63, 3.8) is 0 Å². The van der Waals surface area contributed by atoms with E-state index < -0.39 is 11.9 Å². The first kappa shape index (κ1) is 19.2. The van der Waals surface area contributed by atoms with Crippen LogP contribution >= 0.6 is 0 Å². The number of rotatable bonds is 6. The maximum Gasteiger partial charge on any atom is 0.307 e. The van der Waals surface area contributed by atoms with Gasteiger partial charge in [0.1, 0.15) is 5.82 Å². The number of hydrogen-bond donors (Lipinski definition) is 1. The van der Waals surface area contributed by atoms with E-state index in [1.807, 2.05) is 24.3 Å². The molecule has 0 radical (unpaired) electrons. The summed E-state index contributed by atoms with van der Waals surface area (Å²) in [6, 6.07) is 11.8. The fourth-order valence-electron chi connectivity index (χ4n) is 3.76. The third-order valence-electron chi connectivity index (χ3n) is 5.05. The molecule has 0 saturated carbocycles. The van der Waals surface area contributed by atoms with Crippen molar-refractivity contribution in [1.82, 2.24) is 4.90 Å². The fraction of sp³-hybridized carbons (Fsp3) is 0.381. The van der Waals surface area contributed by atoms with E-state index in [2.05, 4.69) is 4.90 Å². The summed E-state index contributed by atoms with van der Waals surface area (Å²) < 4.78 is 24.7. The molecule has 1 aliphatic rings. The molecule has 6 heteroatoms. The number of benzene rings is 2. The number of carboxylic acids is 1. The molecular weight excluding hydrogens is 349 g/mol. The van der Waals surface area contributed by atoms with E-state index in [1.165, 1.54) is 12.1 Å². The topological polar surface area (TPSA) is 59.0 Å². The third kappa shape index (κ3) is 4.22. The number of piperidine rings is 1. The molecule has 1 aliphatic heterocycles. The van der Waals surface area contributed by atoms with Crippen LogP contribution in [0.3, 0.4) is 0 Å². The van der Waals surface area contributed by atoms with Crippen molar-refractivity contribution in [3.05, 3.63) is 59.4 Å². The van der Waals surface area contributed by atoms with Gasteiger partial charge in [0.2, 0.25) is 0 Å². The number of aliphatic carboxylic acids is 1. The minimum Gasteiger partial charge on any atom is -0.493 e. The standard InChI is InChI=1S/C21H24FNO4/c1-26-18-9-8-15(12-19(18)27-2)20(14-5-3-7-17(22)11-14)23-10-4-6-16(13-23)21(24)25/h3,5,7-9,11-12,16,20H,4,6,10,13H2,1-2H3,(H,24,25). The molecule has 2 aromatic carbocycles. The number of methoxy groups -OCH3 is 2. The highest BCUT2D eigenvalue weighted by Gasteiger charge is 2.31. The number of carbonyl (C=O) groups is 1. The van der Waals surface area contributed by atoms with Crippen LogP contribution in [0.5, 0.6) is 11.5 Å². The molecule has 1 saturated heterocycles. The molecule has 144 valence electrons. The summed E-state index contributed by atoms with van der Waals surface area (Å²) in [6.07, 6.45) is 1.45. The molecule has 3 rings (SSSR count). The molecule has 1 fully saturated rings. The largest absolute Gasteiger partial charge is 0.493 e. The van der Waals surface area contributed by atoms with Crippen LogP contribution in [0.15, 0.2) is 42.5 Å². The van der Waals surface area contributed by atoms with Gasteiger partial charge in [0.25, 0.3) is 0 Å². The van der Waals surface area contributed by atoms with Gasteiger partial charge in [-0.25, -0.2) is 4.39 Å². The van der Waals surface area contributed by atoms with Crippen LogP contribution in [0.25, 0.3) is 0 Å². The van der Waals surface area contributed by atoms with E-state index in [4.69, 9.17) is 9.47 Å². The number of likely N-dealkylation sites (tertiary alicyclic amines) is 1. The van der Waals surface area contributed by atoms with Crippen LogP contribution < -0.4 is 9.47 Å². The van der Waals surface area contributed by atoms with Gasteiger partial charge < -0.3 is 14.6 Å². The van der Waals surface area contributed by atoms with E-state index in [0.29, 0.717) is 24.5 Å². The molecule has 0 aromatic heterocycles. The van der Waals surface area contributed by atoms with Gasteiger partial charge in [0.15, 0.2) is 11.5 Å². The molecular formula is C21H24FNO4. The highest BCUT2D eigenvalue weighted by Crippen LogP contribution is 2.37. The van der Waals surface area contributed by atoms with Crippen LogP contribution in [-0.2, 0) is 4.79 Å². The summed E-state index contributed by atoms with van der Waals surface area (Å²) in [7, 11) is 3.14. The SMILES string of the molecule is COc1ccc(C(c2cccc(F)c2)N2CCCC(C(=O)O)C2)cc1OC. The Labute approximate surface area is 158 Å². The molecule has 0 bridgehead atoms. The van der Waals surface area contributed by atoms with Gasteiger partial charge in [-0.2, -0.15) is 0 Å². The predicted octanol–water partition coefficient (Wildman–Crippen LogP) is 3.73. The smallest absolute Gasteiger partial charge is 0.307 e. The molecule has 1 heterocycles. The van der Waals surface area contributed by atoms with E-state index in [1.54, 1.807) is 20.3 Å². The summed E-state index contributed by atoms with van der Waals surface area (Å²) in [6.45, 7) is 1.17. The molecule has 1 N–H and O–H groups in total. The Morgan fingerprint density at radius 3 is 2.56 bits per heavy atom. The average molecular weight is 373 g/mol. The lowest BCUT2D eigenvalue weighted by molar-refractivity contribution is -0.143. The number of ether oxygens (including phenoxy) is 2. The minimum atomic E-state index is -0.787. The van der Waals surface area contributed by atoms with Crippen molar-refractivity contribution in [3.8, 4) is 11.5 Å². The van der Waals surface area contributed by atoms with Gasteiger partial charge in [-0.15, -0.1) is 0 Å². The number of nitrogens with zero attached hydrogens (tertiary/aromatic N) is 1. The number of hydrogen-bond acceptors (Lipinski definition) is 4. The molecule has 5 nitrogen and oxygen atoms in total. The zero-order valence-electron chi connectivity index (χ0n) is 15.5. The summed E-state index contributed by atoms with van der Waals surface area (Å²) in [5.74, 6) is -0.325. The second-order valence-corrected chi connectivity index (χ2v) is 6.74. The Hall–Kier alpha value is -2.60. The quantitative estimate of drug-likeness (QED) is 0.836. The molecule has 0 amide bonds. The lowest BCUT2D eigenvalue weighted by Crippen LogP contribution is -2.41. The van der Waals surface area contributed by atoms with E-state index in [-0.39, 0.29) is 11.9 Å². The Morgan fingerprint density at radius 1 is 1.15 bits per heavy atom. The zero-order valence-corrected chi connectivity index (χ0v) is 15.5. The van der Waals surface area contributed by atoms with Crippen molar-refractivity contribution in [2.75, 3.05) is 27.3 Å².